The zero-order chi connectivity index (χ0) is 12.7. The van der Waals surface area contributed by atoms with Gasteiger partial charge < -0.3 is 10.4 Å². The maximum Gasteiger partial charge on any atom is 0.304 e. The van der Waals surface area contributed by atoms with Crippen molar-refractivity contribution in [2.45, 2.75) is 45.1 Å². The molecular formula is C12H22N2O3. The van der Waals surface area contributed by atoms with Crippen LogP contribution in [0.3, 0.4) is 0 Å². The van der Waals surface area contributed by atoms with E-state index in [2.05, 4.69) is 12.2 Å². The third kappa shape index (κ3) is 5.17. The van der Waals surface area contributed by atoms with Gasteiger partial charge in [0, 0.05) is 12.6 Å². The molecule has 0 saturated carbocycles. The number of carboxylic acids is 1. The largest absolute Gasteiger partial charge is 0.481 e. The third-order valence-electron chi connectivity index (χ3n) is 3.11. The molecule has 0 aromatic rings. The van der Waals surface area contributed by atoms with E-state index in [0.717, 1.165) is 32.2 Å². The minimum atomic E-state index is -0.784. The number of hydrogen-bond acceptors (Lipinski definition) is 3. The number of likely N-dealkylation sites (tertiary alicyclic amines) is 1. The van der Waals surface area contributed by atoms with Gasteiger partial charge in [-0.15, -0.1) is 0 Å². The van der Waals surface area contributed by atoms with Gasteiger partial charge in [0.25, 0.3) is 0 Å². The normalized spacial score (nSPS) is 20.4. The highest BCUT2D eigenvalue weighted by Crippen LogP contribution is 2.19. The van der Waals surface area contributed by atoms with Crippen LogP contribution in [0.4, 0.5) is 0 Å². The molecule has 1 fully saturated rings. The second-order valence-corrected chi connectivity index (χ2v) is 4.57. The Morgan fingerprint density at radius 1 is 1.47 bits per heavy atom. The lowest BCUT2D eigenvalue weighted by molar-refractivity contribution is -0.138. The molecule has 1 atom stereocenters. The van der Waals surface area contributed by atoms with Crippen LogP contribution in [-0.4, -0.2) is 47.6 Å². The van der Waals surface area contributed by atoms with E-state index >= 15 is 0 Å². The number of unbranched alkanes of at least 4 members (excludes halogenated alkanes) is 1. The van der Waals surface area contributed by atoms with Crippen molar-refractivity contribution in [3.8, 4) is 0 Å². The topological polar surface area (TPSA) is 69.6 Å². The van der Waals surface area contributed by atoms with E-state index in [0.29, 0.717) is 13.1 Å². The highest BCUT2D eigenvalue weighted by molar-refractivity contribution is 5.78. The molecule has 0 bridgehead atoms. The smallest absolute Gasteiger partial charge is 0.304 e. The van der Waals surface area contributed by atoms with Gasteiger partial charge in [-0.1, -0.05) is 13.3 Å². The number of rotatable bonds is 7. The van der Waals surface area contributed by atoms with Crippen LogP contribution < -0.4 is 5.32 Å². The van der Waals surface area contributed by atoms with Crippen LogP contribution >= 0.6 is 0 Å². The Morgan fingerprint density at radius 2 is 2.24 bits per heavy atom. The Bertz CT molecular complexity index is 268. The van der Waals surface area contributed by atoms with Crippen LogP contribution in [0.5, 0.6) is 0 Å². The second kappa shape index (κ2) is 7.27. The standard InChI is InChI=1S/C12H22N2O3/c1-2-3-6-13-11(15)9-14-7-4-5-10(14)8-12(16)17/h10H,2-9H2,1H3,(H,13,15)(H,16,17). The van der Waals surface area contributed by atoms with E-state index in [9.17, 15) is 9.59 Å². The first kappa shape index (κ1) is 14.0. The monoisotopic (exact) mass is 242 g/mol. The van der Waals surface area contributed by atoms with Crippen LogP contribution in [0, 0.1) is 0 Å². The zero-order valence-corrected chi connectivity index (χ0v) is 10.4. The van der Waals surface area contributed by atoms with Crippen molar-refractivity contribution in [1.29, 1.82) is 0 Å². The number of carboxylic acid groups (broad SMARTS) is 1. The van der Waals surface area contributed by atoms with Gasteiger partial charge in [-0.05, 0) is 25.8 Å². The Balaban J connectivity index is 2.28. The van der Waals surface area contributed by atoms with E-state index < -0.39 is 5.97 Å². The van der Waals surface area contributed by atoms with Gasteiger partial charge in [0.05, 0.1) is 13.0 Å². The van der Waals surface area contributed by atoms with Crippen LogP contribution in [-0.2, 0) is 9.59 Å². The first-order valence-electron chi connectivity index (χ1n) is 6.36. The molecule has 1 aliphatic rings. The summed E-state index contributed by atoms with van der Waals surface area (Å²) in [6.07, 6.45) is 4.06. The molecule has 0 aromatic heterocycles. The first-order valence-corrected chi connectivity index (χ1v) is 6.36. The summed E-state index contributed by atoms with van der Waals surface area (Å²) in [6, 6.07) is 0.0319. The van der Waals surface area contributed by atoms with E-state index in [1.165, 1.54) is 0 Å². The predicted molar refractivity (Wildman–Crippen MR) is 64.8 cm³/mol. The van der Waals surface area contributed by atoms with Crippen molar-refractivity contribution >= 4 is 11.9 Å². The molecule has 0 radical (unpaired) electrons. The predicted octanol–water partition coefficient (Wildman–Crippen LogP) is 0.842. The maximum absolute atomic E-state index is 11.6. The van der Waals surface area contributed by atoms with Gasteiger partial charge in [-0.25, -0.2) is 0 Å². The number of aliphatic carboxylic acids is 1. The zero-order valence-electron chi connectivity index (χ0n) is 10.4. The number of carbonyl (C=O) groups excluding carboxylic acids is 1. The minimum absolute atomic E-state index is 0.00994. The van der Waals surface area contributed by atoms with Crippen molar-refractivity contribution in [2.75, 3.05) is 19.6 Å². The average molecular weight is 242 g/mol. The van der Waals surface area contributed by atoms with Gasteiger partial charge in [0.1, 0.15) is 0 Å². The minimum Gasteiger partial charge on any atom is -0.481 e. The third-order valence-corrected chi connectivity index (χ3v) is 3.11. The molecule has 1 rings (SSSR count). The Kier molecular flexibility index (Phi) is 5.97. The molecule has 17 heavy (non-hydrogen) atoms. The van der Waals surface area contributed by atoms with Gasteiger partial charge in [0.15, 0.2) is 0 Å². The van der Waals surface area contributed by atoms with Crippen LogP contribution in [0.2, 0.25) is 0 Å². The molecule has 2 N–H and O–H groups in total. The highest BCUT2D eigenvalue weighted by atomic mass is 16.4. The molecule has 1 amide bonds. The molecule has 5 nitrogen and oxygen atoms in total. The maximum atomic E-state index is 11.6. The van der Waals surface area contributed by atoms with E-state index in [1.54, 1.807) is 0 Å². The molecular weight excluding hydrogens is 220 g/mol. The fourth-order valence-electron chi connectivity index (χ4n) is 2.18. The lowest BCUT2D eigenvalue weighted by atomic mass is 10.1. The Labute approximate surface area is 102 Å². The van der Waals surface area contributed by atoms with Crippen molar-refractivity contribution < 1.29 is 14.7 Å². The van der Waals surface area contributed by atoms with Crippen LogP contribution in [0.1, 0.15) is 39.0 Å². The molecule has 98 valence electrons. The first-order chi connectivity index (χ1) is 8.13. The van der Waals surface area contributed by atoms with Crippen molar-refractivity contribution in [3.05, 3.63) is 0 Å². The molecule has 1 saturated heterocycles. The van der Waals surface area contributed by atoms with Gasteiger partial charge >= 0.3 is 5.97 Å². The van der Waals surface area contributed by atoms with Crippen molar-refractivity contribution in [1.82, 2.24) is 10.2 Å². The summed E-state index contributed by atoms with van der Waals surface area (Å²) < 4.78 is 0. The fraction of sp³-hybridized carbons (Fsp3) is 0.833. The lowest BCUT2D eigenvalue weighted by Crippen LogP contribution is -2.40. The van der Waals surface area contributed by atoms with Crippen LogP contribution in [0.25, 0.3) is 0 Å². The summed E-state index contributed by atoms with van der Waals surface area (Å²) in [5.41, 5.74) is 0. The molecule has 0 aromatic carbocycles. The fourth-order valence-corrected chi connectivity index (χ4v) is 2.18. The molecule has 1 heterocycles. The number of amides is 1. The summed E-state index contributed by atoms with van der Waals surface area (Å²) >= 11 is 0. The number of hydrogen-bond donors (Lipinski definition) is 2. The Hall–Kier alpha value is -1.10. The summed E-state index contributed by atoms with van der Waals surface area (Å²) in [4.78, 5) is 24.3. The van der Waals surface area contributed by atoms with Gasteiger partial charge in [0.2, 0.25) is 5.91 Å². The van der Waals surface area contributed by atoms with E-state index in [-0.39, 0.29) is 18.4 Å². The average Bonchev–Trinajstić information content (AvgIpc) is 2.65. The molecule has 1 unspecified atom stereocenters. The summed E-state index contributed by atoms with van der Waals surface area (Å²) in [6.45, 7) is 3.96. The molecule has 0 spiro atoms. The van der Waals surface area contributed by atoms with Gasteiger partial charge in [-0.3, -0.25) is 14.5 Å². The molecule has 1 aliphatic heterocycles. The summed E-state index contributed by atoms with van der Waals surface area (Å²) in [5.74, 6) is -0.774. The van der Waals surface area contributed by atoms with E-state index in [4.69, 9.17) is 5.11 Å². The molecule has 5 heteroatoms. The van der Waals surface area contributed by atoms with Crippen LogP contribution in [0.15, 0.2) is 0 Å². The lowest BCUT2D eigenvalue weighted by Gasteiger charge is -2.22. The quantitative estimate of drug-likeness (QED) is 0.649. The summed E-state index contributed by atoms with van der Waals surface area (Å²) in [5, 5.41) is 11.6. The number of nitrogens with zero attached hydrogens (tertiary/aromatic N) is 1. The van der Waals surface area contributed by atoms with Crippen molar-refractivity contribution in [3.63, 3.8) is 0 Å². The second-order valence-electron chi connectivity index (χ2n) is 4.57. The molecule has 0 aliphatic carbocycles. The summed E-state index contributed by atoms with van der Waals surface area (Å²) in [7, 11) is 0. The Morgan fingerprint density at radius 3 is 2.88 bits per heavy atom. The van der Waals surface area contributed by atoms with E-state index in [1.807, 2.05) is 4.90 Å². The highest BCUT2D eigenvalue weighted by Gasteiger charge is 2.27. The SMILES string of the molecule is CCCCNC(=O)CN1CCCC1CC(=O)O. The van der Waals surface area contributed by atoms with Crippen molar-refractivity contribution in [2.24, 2.45) is 0 Å². The number of carbonyl (C=O) groups is 2. The van der Waals surface area contributed by atoms with Gasteiger partial charge in [-0.2, -0.15) is 0 Å². The number of nitrogens with one attached hydrogen (secondary N) is 1.